The van der Waals surface area contributed by atoms with Crippen molar-refractivity contribution in [2.75, 3.05) is 0 Å². The first kappa shape index (κ1) is 40.4. The number of hydrogen-bond acceptors (Lipinski definition) is 0. The summed E-state index contributed by atoms with van der Waals surface area (Å²) in [5.74, 6) is 0. The quantitative estimate of drug-likeness (QED) is 0.337. The van der Waals surface area contributed by atoms with Crippen LogP contribution in [0.4, 0.5) is 0 Å². The van der Waals surface area contributed by atoms with Crippen molar-refractivity contribution in [2.24, 2.45) is 0 Å². The second-order valence-electron chi connectivity index (χ2n) is 0.289. The van der Waals surface area contributed by atoms with Crippen molar-refractivity contribution in [3.8, 4) is 0 Å². The van der Waals surface area contributed by atoms with Crippen molar-refractivity contribution in [2.45, 2.75) is 0 Å². The van der Waals surface area contributed by atoms with Crippen LogP contribution in [-0.4, -0.2) is 0 Å². The van der Waals surface area contributed by atoms with E-state index in [1.165, 1.54) is 6.08 Å². The van der Waals surface area contributed by atoms with Gasteiger partial charge < -0.3 is 37.2 Å². The molecule has 42 valence electrons. The zero-order valence-corrected chi connectivity index (χ0v) is 7.45. The van der Waals surface area contributed by atoms with E-state index in [-0.39, 0.29) is 58.9 Å². The largest absolute Gasteiger partial charge is 3.00 e. The molecule has 0 rings (SSSR count). The fourth-order valence-electron chi connectivity index (χ4n) is 0. The van der Waals surface area contributed by atoms with Gasteiger partial charge in [-0.15, -0.1) is 6.58 Å². The van der Waals surface area contributed by atoms with Crippen molar-refractivity contribution in [3.63, 3.8) is 0 Å². The van der Waals surface area contributed by atoms with Gasteiger partial charge in [-0.1, -0.05) is 6.08 Å². The Balaban J connectivity index is -0.00000000333. The smallest absolute Gasteiger partial charge is 1.00 e. The van der Waals surface area contributed by atoms with E-state index in [2.05, 4.69) is 13.5 Å². The van der Waals surface area contributed by atoms with Gasteiger partial charge in [0.25, 0.3) is 0 Å². The molecule has 0 N–H and O–H groups in total. The molecule has 0 aliphatic heterocycles. The summed E-state index contributed by atoms with van der Waals surface area (Å²) in [6, 6.07) is 0. The maximum absolute atomic E-state index is 3.25. The van der Waals surface area contributed by atoms with Gasteiger partial charge in [-0.25, -0.2) is 0 Å². The second-order valence-corrected chi connectivity index (χ2v) is 0.289. The SMILES string of the molecule is [CH2]C=C.[Cl-].[Cl-].[Cl-].[Ti+3]. The molecule has 0 spiro atoms. The Morgan fingerprint density at radius 3 is 1.00 bits per heavy atom. The first-order chi connectivity index (χ1) is 1.41. The van der Waals surface area contributed by atoms with Gasteiger partial charge in [-0.3, -0.25) is 0 Å². The van der Waals surface area contributed by atoms with Gasteiger partial charge in [-0.2, -0.15) is 0 Å². The van der Waals surface area contributed by atoms with Gasteiger partial charge in [-0.05, 0) is 6.92 Å². The molecule has 4 heteroatoms. The van der Waals surface area contributed by atoms with E-state index in [1.54, 1.807) is 0 Å². The molecule has 2 radical (unpaired) electrons. The van der Waals surface area contributed by atoms with E-state index in [0.717, 1.165) is 0 Å². The van der Waals surface area contributed by atoms with Crippen molar-refractivity contribution in [1.29, 1.82) is 0 Å². The van der Waals surface area contributed by atoms with Gasteiger partial charge in [0.1, 0.15) is 0 Å². The minimum Gasteiger partial charge on any atom is -1.00 e. The van der Waals surface area contributed by atoms with E-state index >= 15 is 0 Å². The Morgan fingerprint density at radius 1 is 1.00 bits per heavy atom. The molecule has 7 heavy (non-hydrogen) atoms. The standard InChI is InChI=1S/C3H5.3ClH.Ti/c1-3-2;;;;/h3H,1-2H2;3*1H;/q;;;;+3/p-3. The normalized spacial score (nSPS) is 1.86. The first-order valence-electron chi connectivity index (χ1n) is 0.816. The van der Waals surface area contributed by atoms with E-state index in [1.807, 2.05) is 0 Å². The average molecular weight is 195 g/mol. The monoisotopic (exact) mass is 194 g/mol. The Morgan fingerprint density at radius 2 is 1.00 bits per heavy atom. The van der Waals surface area contributed by atoms with Gasteiger partial charge in [0, 0.05) is 0 Å². The summed E-state index contributed by atoms with van der Waals surface area (Å²) >= 11 is 0. The van der Waals surface area contributed by atoms with Gasteiger partial charge in [0.15, 0.2) is 0 Å². The predicted molar refractivity (Wildman–Crippen MR) is 15.6 cm³/mol. The van der Waals surface area contributed by atoms with Crippen molar-refractivity contribution in [3.05, 3.63) is 19.6 Å². The first-order valence-corrected chi connectivity index (χ1v) is 0.816. The molecule has 0 aromatic rings. The van der Waals surface area contributed by atoms with Crippen LogP contribution in [0.5, 0.6) is 0 Å². The Labute approximate surface area is 78.2 Å². The number of allylic oxidation sites excluding steroid dienone is 1. The van der Waals surface area contributed by atoms with Gasteiger partial charge in [0.05, 0.1) is 0 Å². The summed E-state index contributed by atoms with van der Waals surface area (Å²) < 4.78 is 0. The predicted octanol–water partition coefficient (Wildman–Crippen LogP) is -7.98. The minimum atomic E-state index is 0. The van der Waals surface area contributed by atoms with Crippen LogP contribution in [0.2, 0.25) is 0 Å². The van der Waals surface area contributed by atoms with Gasteiger partial charge in [0.2, 0.25) is 0 Å². The Hall–Kier alpha value is 1.32. The maximum Gasteiger partial charge on any atom is 3.00 e. The molecule has 0 atom stereocenters. The number of rotatable bonds is 0. The Bertz CT molecular complexity index is 17.7. The third-order valence-electron chi connectivity index (χ3n) is 0. The third kappa shape index (κ3) is 118. The molecule has 0 bridgehead atoms. The maximum atomic E-state index is 3.25. The number of halogens is 3. The molecule has 0 aromatic heterocycles. The van der Waals surface area contributed by atoms with Crippen LogP contribution in [0.15, 0.2) is 12.7 Å². The van der Waals surface area contributed by atoms with Crippen LogP contribution in [0.25, 0.3) is 0 Å². The molecule has 0 aliphatic rings. The zero-order valence-electron chi connectivity index (χ0n) is 3.63. The molecule has 0 unspecified atom stereocenters. The van der Waals surface area contributed by atoms with E-state index in [0.29, 0.717) is 0 Å². The molecule has 0 heterocycles. The Kier molecular flexibility index (Phi) is 313. The summed E-state index contributed by atoms with van der Waals surface area (Å²) in [5.41, 5.74) is 0. The topological polar surface area (TPSA) is 0 Å². The van der Waals surface area contributed by atoms with Crippen molar-refractivity contribution in [1.82, 2.24) is 0 Å². The van der Waals surface area contributed by atoms with E-state index < -0.39 is 0 Å². The van der Waals surface area contributed by atoms with Crippen LogP contribution >= 0.6 is 0 Å². The van der Waals surface area contributed by atoms with Gasteiger partial charge >= 0.3 is 21.7 Å². The fourth-order valence-corrected chi connectivity index (χ4v) is 0. The third-order valence-corrected chi connectivity index (χ3v) is 0. The van der Waals surface area contributed by atoms with E-state index in [4.69, 9.17) is 0 Å². The second kappa shape index (κ2) is 54.2. The fraction of sp³-hybridized carbons (Fsp3) is 0. The average Bonchev–Trinajstić information content (AvgIpc) is 0.918. The summed E-state index contributed by atoms with van der Waals surface area (Å²) in [5, 5.41) is 0. The van der Waals surface area contributed by atoms with Crippen LogP contribution < -0.4 is 37.2 Å². The summed E-state index contributed by atoms with van der Waals surface area (Å²) in [6.07, 6.45) is 1.50. The zero-order chi connectivity index (χ0) is 2.71. The molecule has 0 aromatic carbocycles. The molecule has 0 fully saturated rings. The molecular formula is C3H5Cl3Ti. The summed E-state index contributed by atoms with van der Waals surface area (Å²) in [6.45, 7) is 6.50. The van der Waals surface area contributed by atoms with Crippen LogP contribution in [-0.2, 0) is 21.7 Å². The van der Waals surface area contributed by atoms with Crippen LogP contribution in [0.1, 0.15) is 0 Å². The molecular weight excluding hydrogens is 190 g/mol. The van der Waals surface area contributed by atoms with E-state index in [9.17, 15) is 0 Å². The van der Waals surface area contributed by atoms with Crippen LogP contribution in [0.3, 0.4) is 0 Å². The van der Waals surface area contributed by atoms with Crippen molar-refractivity contribution >= 4 is 0 Å². The molecule has 0 aliphatic carbocycles. The molecule has 0 amide bonds. The van der Waals surface area contributed by atoms with Crippen LogP contribution in [0, 0.1) is 6.92 Å². The minimum absolute atomic E-state index is 0. The molecule has 0 nitrogen and oxygen atoms in total. The van der Waals surface area contributed by atoms with Crippen molar-refractivity contribution < 1.29 is 58.9 Å². The summed E-state index contributed by atoms with van der Waals surface area (Å²) in [7, 11) is 0. The molecule has 0 saturated heterocycles. The number of hydrogen-bond donors (Lipinski definition) is 0. The molecule has 0 saturated carbocycles. The summed E-state index contributed by atoms with van der Waals surface area (Å²) in [4.78, 5) is 0.